The van der Waals surface area contributed by atoms with Crippen LogP contribution in [0.15, 0.2) is 48.5 Å². The fourth-order valence-electron chi connectivity index (χ4n) is 3.19. The first-order valence-corrected chi connectivity index (χ1v) is 10.4. The third-order valence-electron chi connectivity index (χ3n) is 4.65. The first-order valence-electron chi connectivity index (χ1n) is 9.24. The number of likely N-dealkylation sites (tertiary alicyclic amines) is 1. The molecule has 3 amide bonds. The highest BCUT2D eigenvalue weighted by atomic mass is 35.5. The maximum Gasteiger partial charge on any atom is 0.322 e. The van der Waals surface area contributed by atoms with E-state index in [2.05, 4.69) is 20.8 Å². The van der Waals surface area contributed by atoms with Gasteiger partial charge in [-0.25, -0.2) is 9.18 Å². The van der Waals surface area contributed by atoms with Gasteiger partial charge in [0, 0.05) is 17.3 Å². The molecule has 1 fully saturated rings. The van der Waals surface area contributed by atoms with Crippen molar-refractivity contribution in [1.29, 1.82) is 0 Å². The van der Waals surface area contributed by atoms with E-state index in [0.29, 0.717) is 28.7 Å². The zero-order chi connectivity index (χ0) is 21.1. The number of nitrogens with zero attached hydrogens (tertiary/aromatic N) is 3. The monoisotopic (exact) mass is 445 g/mol. The van der Waals surface area contributed by atoms with E-state index < -0.39 is 11.8 Å². The molecule has 10 heteroatoms. The second kappa shape index (κ2) is 8.76. The van der Waals surface area contributed by atoms with Crippen LogP contribution in [0.2, 0.25) is 5.02 Å². The lowest BCUT2D eigenvalue weighted by molar-refractivity contribution is 0.102. The van der Waals surface area contributed by atoms with Gasteiger partial charge in [-0.15, -0.1) is 10.2 Å². The van der Waals surface area contributed by atoms with Gasteiger partial charge in [-0.1, -0.05) is 35.1 Å². The smallest absolute Gasteiger partial charge is 0.320 e. The van der Waals surface area contributed by atoms with Crippen LogP contribution in [0.5, 0.6) is 0 Å². The predicted molar refractivity (Wildman–Crippen MR) is 113 cm³/mol. The zero-order valence-corrected chi connectivity index (χ0v) is 17.2. The number of hydrogen-bond acceptors (Lipinski definition) is 5. The number of urea groups is 1. The minimum Gasteiger partial charge on any atom is -0.320 e. The van der Waals surface area contributed by atoms with E-state index in [4.69, 9.17) is 11.6 Å². The van der Waals surface area contributed by atoms with Gasteiger partial charge in [0.1, 0.15) is 10.8 Å². The van der Waals surface area contributed by atoms with Crippen LogP contribution in [0.3, 0.4) is 0 Å². The number of anilines is 2. The zero-order valence-electron chi connectivity index (χ0n) is 15.6. The third kappa shape index (κ3) is 4.42. The normalized spacial score (nSPS) is 15.8. The molecule has 0 aliphatic carbocycles. The van der Waals surface area contributed by atoms with E-state index in [0.717, 1.165) is 17.8 Å². The van der Waals surface area contributed by atoms with Gasteiger partial charge in [-0.2, -0.15) is 0 Å². The highest BCUT2D eigenvalue weighted by Gasteiger charge is 2.33. The molecule has 2 N–H and O–H groups in total. The average molecular weight is 446 g/mol. The number of carbonyl (C=O) groups excluding carboxylic acids is 2. The number of benzene rings is 2. The molecule has 0 bridgehead atoms. The molecule has 1 saturated heterocycles. The molecule has 0 saturated carbocycles. The Bertz CT molecular complexity index is 1080. The number of rotatable bonds is 4. The topological polar surface area (TPSA) is 87.2 Å². The Morgan fingerprint density at radius 2 is 1.87 bits per heavy atom. The Labute approximate surface area is 180 Å². The van der Waals surface area contributed by atoms with Crippen molar-refractivity contribution in [1.82, 2.24) is 15.1 Å². The molecule has 30 heavy (non-hydrogen) atoms. The molecule has 0 unspecified atom stereocenters. The second-order valence-electron chi connectivity index (χ2n) is 6.67. The summed E-state index contributed by atoms with van der Waals surface area (Å²) in [4.78, 5) is 26.7. The Hall–Kier alpha value is -3.04. The quantitative estimate of drug-likeness (QED) is 0.594. The third-order valence-corrected chi connectivity index (χ3v) is 5.93. The Balaban J connectivity index is 1.45. The van der Waals surface area contributed by atoms with Crippen molar-refractivity contribution in [3.63, 3.8) is 0 Å². The maximum absolute atomic E-state index is 13.8. The number of halogens is 2. The van der Waals surface area contributed by atoms with E-state index in [9.17, 15) is 14.0 Å². The average Bonchev–Trinajstić information content (AvgIpc) is 3.40. The van der Waals surface area contributed by atoms with Gasteiger partial charge in [-0.3, -0.25) is 4.79 Å². The molecule has 1 aliphatic heterocycles. The number of amides is 3. The van der Waals surface area contributed by atoms with Crippen molar-refractivity contribution in [2.45, 2.75) is 18.9 Å². The molecule has 1 atom stereocenters. The lowest BCUT2D eigenvalue weighted by Gasteiger charge is -2.23. The molecule has 154 valence electrons. The highest BCUT2D eigenvalue weighted by Crippen LogP contribution is 2.34. The second-order valence-corrected chi connectivity index (χ2v) is 8.11. The van der Waals surface area contributed by atoms with Crippen LogP contribution in [0.25, 0.3) is 0 Å². The van der Waals surface area contributed by atoms with Crippen LogP contribution in [-0.4, -0.2) is 33.6 Å². The van der Waals surface area contributed by atoms with E-state index in [1.165, 1.54) is 12.1 Å². The minimum absolute atomic E-state index is 0.119. The van der Waals surface area contributed by atoms with E-state index in [1.54, 1.807) is 41.3 Å². The number of nitrogens with one attached hydrogen (secondary N) is 2. The summed E-state index contributed by atoms with van der Waals surface area (Å²) < 4.78 is 13.8. The Morgan fingerprint density at radius 1 is 1.10 bits per heavy atom. The fraction of sp³-hybridized carbons (Fsp3) is 0.200. The predicted octanol–water partition coefficient (Wildman–Crippen LogP) is 4.95. The van der Waals surface area contributed by atoms with Gasteiger partial charge in [0.05, 0.1) is 11.7 Å². The van der Waals surface area contributed by atoms with Gasteiger partial charge in [0.15, 0.2) is 0 Å². The van der Waals surface area contributed by atoms with Gasteiger partial charge < -0.3 is 15.5 Å². The number of para-hydroxylation sites is 1. The summed E-state index contributed by atoms with van der Waals surface area (Å²) in [5.41, 5.74) is 0.710. The van der Waals surface area contributed by atoms with Gasteiger partial charge in [0.25, 0.3) is 5.91 Å². The summed E-state index contributed by atoms with van der Waals surface area (Å²) in [7, 11) is 0. The first-order chi connectivity index (χ1) is 14.5. The molecule has 0 spiro atoms. The van der Waals surface area contributed by atoms with Crippen molar-refractivity contribution in [3.8, 4) is 0 Å². The Kier molecular flexibility index (Phi) is 5.91. The molecule has 7 nitrogen and oxygen atoms in total. The van der Waals surface area contributed by atoms with E-state index in [1.807, 2.05) is 0 Å². The van der Waals surface area contributed by atoms with Crippen molar-refractivity contribution in [2.24, 2.45) is 0 Å². The number of aromatic nitrogens is 2. The van der Waals surface area contributed by atoms with Crippen LogP contribution in [-0.2, 0) is 0 Å². The van der Waals surface area contributed by atoms with Crippen LogP contribution >= 0.6 is 22.9 Å². The maximum atomic E-state index is 13.8. The Morgan fingerprint density at radius 3 is 2.63 bits per heavy atom. The molecule has 2 aromatic carbocycles. The van der Waals surface area contributed by atoms with Crippen molar-refractivity contribution in [3.05, 3.63) is 69.4 Å². The molecule has 3 aromatic rings. The summed E-state index contributed by atoms with van der Waals surface area (Å²) in [5, 5.41) is 14.8. The van der Waals surface area contributed by atoms with Crippen LogP contribution in [0.4, 0.5) is 20.6 Å². The largest absolute Gasteiger partial charge is 0.322 e. The summed E-state index contributed by atoms with van der Waals surface area (Å²) >= 11 is 6.98. The molecular weight excluding hydrogens is 429 g/mol. The molecule has 1 aromatic heterocycles. The molecule has 4 rings (SSSR count). The minimum atomic E-state index is -0.501. The summed E-state index contributed by atoms with van der Waals surface area (Å²) in [6.07, 6.45) is 1.47. The van der Waals surface area contributed by atoms with Crippen molar-refractivity contribution < 1.29 is 14.0 Å². The van der Waals surface area contributed by atoms with Gasteiger partial charge in [0.2, 0.25) is 5.01 Å². The van der Waals surface area contributed by atoms with Crippen LogP contribution in [0, 0.1) is 5.82 Å². The molecule has 1 aliphatic rings. The van der Waals surface area contributed by atoms with Crippen LogP contribution in [0.1, 0.15) is 33.7 Å². The summed E-state index contributed by atoms with van der Waals surface area (Å²) in [6, 6.07) is 12.0. The van der Waals surface area contributed by atoms with Crippen molar-refractivity contribution >= 4 is 46.3 Å². The lowest BCUT2D eigenvalue weighted by atomic mass is 10.2. The first kappa shape index (κ1) is 20.2. The van der Waals surface area contributed by atoms with Gasteiger partial charge in [-0.05, 0) is 49.2 Å². The summed E-state index contributed by atoms with van der Waals surface area (Å²) in [5.74, 6) is -0.889. The molecular formula is C20H17ClFN5O2S. The van der Waals surface area contributed by atoms with E-state index >= 15 is 0 Å². The SMILES string of the molecule is O=C(Nc1ccc(Cl)cc1)c1nnc([C@H]2CCCN2C(=O)Nc2ccccc2F)s1. The number of hydrogen-bond donors (Lipinski definition) is 2. The highest BCUT2D eigenvalue weighted by molar-refractivity contribution is 7.13. The van der Waals surface area contributed by atoms with Crippen molar-refractivity contribution in [2.75, 3.05) is 17.2 Å². The standard InChI is InChI=1S/C20H17ClFN5O2S/c21-12-7-9-13(10-8-12)23-17(28)19-26-25-18(30-19)16-6-3-11-27(16)20(29)24-15-5-2-1-4-14(15)22/h1-2,4-5,7-10,16H,3,6,11H2,(H,23,28)(H,24,29)/t16-/m1/s1. The number of carbonyl (C=O) groups is 2. The molecule has 0 radical (unpaired) electrons. The fourth-order valence-corrected chi connectivity index (χ4v) is 4.21. The summed E-state index contributed by atoms with van der Waals surface area (Å²) in [6.45, 7) is 0.511. The van der Waals surface area contributed by atoms with Crippen LogP contribution < -0.4 is 10.6 Å². The lowest BCUT2D eigenvalue weighted by Crippen LogP contribution is -2.34. The van der Waals surface area contributed by atoms with E-state index in [-0.39, 0.29) is 22.6 Å². The molecule has 2 heterocycles. The van der Waals surface area contributed by atoms with Gasteiger partial charge >= 0.3 is 6.03 Å².